The zero-order chi connectivity index (χ0) is 20.7. The Morgan fingerprint density at radius 2 is 1.90 bits per heavy atom. The van der Waals surface area contributed by atoms with E-state index in [-0.39, 0.29) is 16.6 Å². The van der Waals surface area contributed by atoms with Crippen molar-refractivity contribution < 1.29 is 9.53 Å². The second-order valence-electron chi connectivity index (χ2n) is 8.59. The molecule has 1 N–H and O–H groups in total. The molecule has 3 aliphatic rings. The number of aryl methyl sites for hydroxylation is 1. The van der Waals surface area contributed by atoms with Crippen LogP contribution in [0.15, 0.2) is 0 Å². The molecule has 0 radical (unpaired) electrons. The van der Waals surface area contributed by atoms with Crippen molar-refractivity contribution in [3.63, 3.8) is 0 Å². The van der Waals surface area contributed by atoms with E-state index in [4.69, 9.17) is 21.3 Å². The standard InChI is InChI=1S/C20H28ClN7O2/c1-2-28-14(12-26-5-3-20(4-6-26)11-15(29)22-13-20)23-16-17(24-19(21)25-18(16)28)27-7-9-30-10-8-27/h2-13H2,1H3,(H,22,29). The van der Waals surface area contributed by atoms with Crippen molar-refractivity contribution in [2.45, 2.75) is 39.3 Å². The van der Waals surface area contributed by atoms with E-state index in [1.807, 2.05) is 0 Å². The van der Waals surface area contributed by atoms with Crippen LogP contribution in [0.5, 0.6) is 0 Å². The van der Waals surface area contributed by atoms with Crippen molar-refractivity contribution in [3.05, 3.63) is 11.1 Å². The van der Waals surface area contributed by atoms with Gasteiger partial charge in [0.15, 0.2) is 17.0 Å². The van der Waals surface area contributed by atoms with Gasteiger partial charge in [-0.25, -0.2) is 4.98 Å². The van der Waals surface area contributed by atoms with E-state index in [0.717, 1.165) is 81.5 Å². The number of carbonyl (C=O) groups is 1. The second-order valence-corrected chi connectivity index (χ2v) is 8.93. The average molecular weight is 434 g/mol. The fourth-order valence-electron chi connectivity index (χ4n) is 4.94. The Morgan fingerprint density at radius 1 is 1.13 bits per heavy atom. The van der Waals surface area contributed by atoms with Gasteiger partial charge in [0.05, 0.1) is 19.8 Å². The van der Waals surface area contributed by atoms with E-state index in [0.29, 0.717) is 19.6 Å². The van der Waals surface area contributed by atoms with E-state index >= 15 is 0 Å². The molecule has 2 aromatic heterocycles. The van der Waals surface area contributed by atoms with Gasteiger partial charge in [0.25, 0.3) is 0 Å². The van der Waals surface area contributed by atoms with Gasteiger partial charge in [-0.3, -0.25) is 9.69 Å². The van der Waals surface area contributed by atoms with Crippen LogP contribution in [-0.4, -0.2) is 76.3 Å². The molecule has 10 heteroatoms. The molecular formula is C20H28ClN7O2. The number of nitrogens with one attached hydrogen (secondary N) is 1. The third-order valence-electron chi connectivity index (χ3n) is 6.73. The van der Waals surface area contributed by atoms with E-state index in [1.165, 1.54) is 0 Å². The maximum atomic E-state index is 11.7. The van der Waals surface area contributed by atoms with Gasteiger partial charge in [0.1, 0.15) is 5.82 Å². The van der Waals surface area contributed by atoms with Crippen LogP contribution in [0.25, 0.3) is 11.2 Å². The van der Waals surface area contributed by atoms with Crippen LogP contribution in [-0.2, 0) is 22.6 Å². The first-order valence-corrected chi connectivity index (χ1v) is 11.2. The summed E-state index contributed by atoms with van der Waals surface area (Å²) in [6.45, 7) is 9.33. The van der Waals surface area contributed by atoms with Gasteiger partial charge in [-0.15, -0.1) is 0 Å². The number of imidazole rings is 1. The quantitative estimate of drug-likeness (QED) is 0.730. The van der Waals surface area contributed by atoms with Gasteiger partial charge in [0.2, 0.25) is 11.2 Å². The largest absolute Gasteiger partial charge is 0.378 e. The number of carbonyl (C=O) groups excluding carboxylic acids is 1. The molecule has 0 unspecified atom stereocenters. The summed E-state index contributed by atoms with van der Waals surface area (Å²) in [5.74, 6) is 1.99. The minimum Gasteiger partial charge on any atom is -0.378 e. The van der Waals surface area contributed by atoms with Crippen molar-refractivity contribution in [2.75, 3.05) is 50.8 Å². The summed E-state index contributed by atoms with van der Waals surface area (Å²) >= 11 is 6.29. The molecule has 1 amide bonds. The minimum absolute atomic E-state index is 0.154. The molecule has 9 nitrogen and oxygen atoms in total. The Bertz CT molecular complexity index is 948. The van der Waals surface area contributed by atoms with E-state index in [1.54, 1.807) is 0 Å². The summed E-state index contributed by atoms with van der Waals surface area (Å²) < 4.78 is 7.64. The van der Waals surface area contributed by atoms with Gasteiger partial charge >= 0.3 is 0 Å². The first kappa shape index (κ1) is 20.0. The fraction of sp³-hybridized carbons (Fsp3) is 0.700. The summed E-state index contributed by atoms with van der Waals surface area (Å²) in [6, 6.07) is 0. The van der Waals surface area contributed by atoms with Crippen molar-refractivity contribution >= 4 is 34.5 Å². The number of piperidine rings is 1. The highest BCUT2D eigenvalue weighted by Crippen LogP contribution is 2.38. The van der Waals surface area contributed by atoms with Gasteiger partial charge in [-0.1, -0.05) is 0 Å². The van der Waals surface area contributed by atoms with Crippen molar-refractivity contribution in [3.8, 4) is 0 Å². The minimum atomic E-state index is 0.154. The number of aromatic nitrogens is 4. The molecule has 0 saturated carbocycles. The number of ether oxygens (including phenoxy) is 1. The number of hydrogen-bond donors (Lipinski definition) is 1. The zero-order valence-corrected chi connectivity index (χ0v) is 18.1. The molecule has 5 heterocycles. The van der Waals surface area contributed by atoms with Crippen LogP contribution in [0.2, 0.25) is 5.28 Å². The highest BCUT2D eigenvalue weighted by molar-refractivity contribution is 6.28. The first-order valence-electron chi connectivity index (χ1n) is 10.8. The van der Waals surface area contributed by atoms with Crippen molar-refractivity contribution in [1.29, 1.82) is 0 Å². The normalized spacial score (nSPS) is 22.2. The van der Waals surface area contributed by atoms with Crippen LogP contribution in [0.3, 0.4) is 0 Å². The molecule has 0 atom stereocenters. The Hall–Kier alpha value is -1.97. The monoisotopic (exact) mass is 433 g/mol. The maximum absolute atomic E-state index is 11.7. The molecule has 162 valence electrons. The van der Waals surface area contributed by atoms with Crippen molar-refractivity contribution in [2.24, 2.45) is 5.41 Å². The predicted molar refractivity (Wildman–Crippen MR) is 114 cm³/mol. The number of fused-ring (bicyclic) bond motifs is 1. The number of anilines is 1. The fourth-order valence-corrected chi connectivity index (χ4v) is 5.10. The van der Waals surface area contributed by atoms with E-state index in [2.05, 4.69) is 36.6 Å². The Morgan fingerprint density at radius 3 is 2.57 bits per heavy atom. The Kier molecular flexibility index (Phi) is 5.28. The number of amides is 1. The lowest BCUT2D eigenvalue weighted by atomic mass is 9.78. The van der Waals surface area contributed by atoms with Crippen LogP contribution in [0.1, 0.15) is 32.0 Å². The topological polar surface area (TPSA) is 88.4 Å². The van der Waals surface area contributed by atoms with Crippen LogP contribution in [0.4, 0.5) is 5.82 Å². The lowest BCUT2D eigenvalue weighted by Crippen LogP contribution is -2.41. The lowest BCUT2D eigenvalue weighted by Gasteiger charge is -2.38. The number of morpholine rings is 1. The SMILES string of the molecule is CCn1c(CN2CCC3(CC2)CNC(=O)C3)nc2c(N3CCOCC3)nc(Cl)nc21. The van der Waals surface area contributed by atoms with Gasteiger partial charge in [0, 0.05) is 32.6 Å². The van der Waals surface area contributed by atoms with Crippen LogP contribution >= 0.6 is 11.6 Å². The highest BCUT2D eigenvalue weighted by Gasteiger charge is 2.41. The third-order valence-corrected chi connectivity index (χ3v) is 6.90. The van der Waals surface area contributed by atoms with Crippen LogP contribution < -0.4 is 10.2 Å². The van der Waals surface area contributed by atoms with Crippen molar-refractivity contribution in [1.82, 2.24) is 29.7 Å². The summed E-state index contributed by atoms with van der Waals surface area (Å²) in [5, 5.41) is 3.26. The molecule has 3 fully saturated rings. The Labute approximate surface area is 180 Å². The molecule has 30 heavy (non-hydrogen) atoms. The number of likely N-dealkylation sites (tertiary alicyclic amines) is 1. The molecule has 0 bridgehead atoms. The maximum Gasteiger partial charge on any atom is 0.226 e. The zero-order valence-electron chi connectivity index (χ0n) is 17.4. The van der Waals surface area contributed by atoms with E-state index < -0.39 is 0 Å². The number of halogens is 1. The number of rotatable bonds is 4. The highest BCUT2D eigenvalue weighted by atomic mass is 35.5. The Balaban J connectivity index is 1.40. The predicted octanol–water partition coefficient (Wildman–Crippen LogP) is 1.44. The molecule has 2 aromatic rings. The third kappa shape index (κ3) is 3.63. The molecule has 0 aliphatic carbocycles. The summed E-state index contributed by atoms with van der Waals surface area (Å²) in [4.78, 5) is 30.3. The molecule has 0 aromatic carbocycles. The molecule has 3 aliphatic heterocycles. The van der Waals surface area contributed by atoms with E-state index in [9.17, 15) is 4.79 Å². The lowest BCUT2D eigenvalue weighted by molar-refractivity contribution is -0.119. The smallest absolute Gasteiger partial charge is 0.226 e. The van der Waals surface area contributed by atoms with Crippen LogP contribution in [0, 0.1) is 5.41 Å². The summed E-state index contributed by atoms with van der Waals surface area (Å²) in [5.41, 5.74) is 1.77. The first-order chi connectivity index (χ1) is 14.6. The average Bonchev–Trinajstić information content (AvgIpc) is 3.29. The summed E-state index contributed by atoms with van der Waals surface area (Å²) in [6.07, 6.45) is 2.76. The van der Waals surface area contributed by atoms with Gasteiger partial charge in [-0.05, 0) is 49.9 Å². The molecular weight excluding hydrogens is 406 g/mol. The van der Waals surface area contributed by atoms with Gasteiger partial charge < -0.3 is 19.5 Å². The molecule has 5 rings (SSSR count). The summed E-state index contributed by atoms with van der Waals surface area (Å²) in [7, 11) is 0. The molecule has 1 spiro atoms. The van der Waals surface area contributed by atoms with Gasteiger partial charge in [-0.2, -0.15) is 9.97 Å². The molecule has 3 saturated heterocycles. The number of nitrogens with zero attached hydrogens (tertiary/aromatic N) is 6. The number of hydrogen-bond acceptors (Lipinski definition) is 7. The second kappa shape index (κ2) is 7.94.